The van der Waals surface area contributed by atoms with Crippen LogP contribution in [0.5, 0.6) is 0 Å². The summed E-state index contributed by atoms with van der Waals surface area (Å²) in [5.74, 6) is -2.50. The van der Waals surface area contributed by atoms with Crippen molar-refractivity contribution in [2.24, 2.45) is 5.92 Å². The van der Waals surface area contributed by atoms with Crippen LogP contribution in [0.4, 0.5) is 18.9 Å². The minimum absolute atomic E-state index is 0.0660. The van der Waals surface area contributed by atoms with Gasteiger partial charge in [0.05, 0.1) is 11.9 Å². The predicted octanol–water partition coefficient (Wildman–Crippen LogP) is 1.82. The van der Waals surface area contributed by atoms with E-state index in [-0.39, 0.29) is 31.8 Å². The number of hydrogen-bond acceptors (Lipinski definition) is 3. The molecule has 0 aliphatic carbocycles. The van der Waals surface area contributed by atoms with Crippen molar-refractivity contribution >= 4 is 17.5 Å². The number of rotatable bonds is 2. The second kappa shape index (κ2) is 6.11. The van der Waals surface area contributed by atoms with Gasteiger partial charge in [0.1, 0.15) is 0 Å². The highest BCUT2D eigenvalue weighted by atomic mass is 19.4. The maximum atomic E-state index is 12.3. The molecule has 5 nitrogen and oxygen atoms in total. The van der Waals surface area contributed by atoms with Crippen molar-refractivity contribution in [3.63, 3.8) is 0 Å². The second-order valence-electron chi connectivity index (χ2n) is 4.80. The number of piperidine rings is 1. The van der Waals surface area contributed by atoms with E-state index in [9.17, 15) is 22.8 Å². The smallest absolute Gasteiger partial charge is 0.335 e. The number of aromatic nitrogens is 1. The van der Waals surface area contributed by atoms with Gasteiger partial charge in [0.15, 0.2) is 0 Å². The standard InChI is InChI=1S/C13H14F3N3O2/c14-13(15,16)12(21)19-6-3-9(4-7-19)11(20)18-10-2-1-5-17-8-10/h1-2,5,8-9H,3-4,6-7H2,(H,18,20). The summed E-state index contributed by atoms with van der Waals surface area (Å²) in [5, 5.41) is 2.66. The lowest BCUT2D eigenvalue weighted by Crippen LogP contribution is -2.46. The van der Waals surface area contributed by atoms with Crippen LogP contribution in [-0.4, -0.2) is 41.0 Å². The third kappa shape index (κ3) is 3.93. The Kier molecular flexibility index (Phi) is 4.44. The van der Waals surface area contributed by atoms with Crippen molar-refractivity contribution in [3.05, 3.63) is 24.5 Å². The molecule has 0 aromatic carbocycles. The molecule has 0 saturated carbocycles. The zero-order chi connectivity index (χ0) is 15.5. The first-order valence-corrected chi connectivity index (χ1v) is 6.45. The van der Waals surface area contributed by atoms with E-state index < -0.39 is 18.0 Å². The minimum Gasteiger partial charge on any atom is -0.335 e. The lowest BCUT2D eigenvalue weighted by molar-refractivity contribution is -0.186. The number of carbonyl (C=O) groups is 2. The molecule has 1 saturated heterocycles. The molecule has 0 radical (unpaired) electrons. The molecule has 1 fully saturated rings. The number of hydrogen-bond donors (Lipinski definition) is 1. The van der Waals surface area contributed by atoms with E-state index in [1.54, 1.807) is 18.3 Å². The van der Waals surface area contributed by atoms with Gasteiger partial charge < -0.3 is 10.2 Å². The molecule has 2 heterocycles. The highest BCUT2D eigenvalue weighted by Gasteiger charge is 2.43. The average Bonchev–Trinajstić information content (AvgIpc) is 2.46. The molecular weight excluding hydrogens is 287 g/mol. The van der Waals surface area contributed by atoms with E-state index in [2.05, 4.69) is 10.3 Å². The van der Waals surface area contributed by atoms with Gasteiger partial charge in [-0.1, -0.05) is 0 Å². The molecule has 1 aliphatic heterocycles. The molecule has 21 heavy (non-hydrogen) atoms. The third-order valence-corrected chi connectivity index (χ3v) is 3.32. The summed E-state index contributed by atoms with van der Waals surface area (Å²) in [7, 11) is 0. The fourth-order valence-corrected chi connectivity index (χ4v) is 2.21. The zero-order valence-electron chi connectivity index (χ0n) is 11.1. The Morgan fingerprint density at radius 1 is 1.29 bits per heavy atom. The summed E-state index contributed by atoms with van der Waals surface area (Å²) in [6, 6.07) is 3.34. The minimum atomic E-state index is -4.86. The number of nitrogens with zero attached hydrogens (tertiary/aromatic N) is 2. The zero-order valence-corrected chi connectivity index (χ0v) is 11.1. The quantitative estimate of drug-likeness (QED) is 0.906. The van der Waals surface area contributed by atoms with E-state index in [1.807, 2.05) is 0 Å². The van der Waals surface area contributed by atoms with Gasteiger partial charge in [0, 0.05) is 25.2 Å². The van der Waals surface area contributed by atoms with Crippen LogP contribution in [-0.2, 0) is 9.59 Å². The molecule has 1 aromatic rings. The predicted molar refractivity (Wildman–Crippen MR) is 68.2 cm³/mol. The number of nitrogens with one attached hydrogen (secondary N) is 1. The van der Waals surface area contributed by atoms with Crippen LogP contribution in [0.15, 0.2) is 24.5 Å². The summed E-state index contributed by atoms with van der Waals surface area (Å²) < 4.78 is 36.9. The number of carbonyl (C=O) groups excluding carboxylic acids is 2. The van der Waals surface area contributed by atoms with Crippen LogP contribution in [0.1, 0.15) is 12.8 Å². The SMILES string of the molecule is O=C(Nc1cccnc1)C1CCN(C(=O)C(F)(F)F)CC1. The molecular formula is C13H14F3N3O2. The summed E-state index contributed by atoms with van der Waals surface area (Å²) in [6.07, 6.45) is -1.37. The number of likely N-dealkylation sites (tertiary alicyclic amines) is 1. The lowest BCUT2D eigenvalue weighted by Gasteiger charge is -2.31. The first-order valence-electron chi connectivity index (χ1n) is 6.45. The van der Waals surface area contributed by atoms with Crippen molar-refractivity contribution in [2.45, 2.75) is 19.0 Å². The van der Waals surface area contributed by atoms with E-state index in [0.29, 0.717) is 5.69 Å². The average molecular weight is 301 g/mol. The number of pyridine rings is 1. The Balaban J connectivity index is 1.86. The fourth-order valence-electron chi connectivity index (χ4n) is 2.21. The van der Waals surface area contributed by atoms with E-state index in [0.717, 1.165) is 4.90 Å². The van der Waals surface area contributed by atoms with Gasteiger partial charge >= 0.3 is 12.1 Å². The van der Waals surface area contributed by atoms with Gasteiger partial charge in [-0.2, -0.15) is 13.2 Å². The van der Waals surface area contributed by atoms with E-state index in [1.165, 1.54) is 6.20 Å². The molecule has 0 bridgehead atoms. The molecule has 1 aliphatic rings. The van der Waals surface area contributed by atoms with E-state index >= 15 is 0 Å². The Morgan fingerprint density at radius 3 is 2.48 bits per heavy atom. The number of amides is 2. The third-order valence-electron chi connectivity index (χ3n) is 3.32. The summed E-state index contributed by atoms with van der Waals surface area (Å²) in [5.41, 5.74) is 0.538. The normalized spacial score (nSPS) is 16.6. The molecule has 0 spiro atoms. The van der Waals surface area contributed by atoms with Crippen LogP contribution in [0.25, 0.3) is 0 Å². The number of alkyl halides is 3. The van der Waals surface area contributed by atoms with Crippen LogP contribution in [0, 0.1) is 5.92 Å². The Morgan fingerprint density at radius 2 is 1.95 bits per heavy atom. The Bertz CT molecular complexity index is 511. The first-order chi connectivity index (χ1) is 9.88. The van der Waals surface area contributed by atoms with E-state index in [4.69, 9.17) is 0 Å². The monoisotopic (exact) mass is 301 g/mol. The largest absolute Gasteiger partial charge is 0.471 e. The molecule has 8 heteroatoms. The molecule has 1 N–H and O–H groups in total. The van der Waals surface area contributed by atoms with Crippen molar-refractivity contribution in [1.82, 2.24) is 9.88 Å². The maximum Gasteiger partial charge on any atom is 0.471 e. The van der Waals surface area contributed by atoms with Crippen LogP contribution < -0.4 is 5.32 Å². The summed E-state index contributed by atoms with van der Waals surface area (Å²) >= 11 is 0. The maximum absolute atomic E-state index is 12.3. The van der Waals surface area contributed by atoms with Crippen LogP contribution >= 0.6 is 0 Å². The lowest BCUT2D eigenvalue weighted by atomic mass is 9.95. The summed E-state index contributed by atoms with van der Waals surface area (Å²) in [6.45, 7) is -0.132. The Hall–Kier alpha value is -2.12. The number of anilines is 1. The Labute approximate surface area is 119 Å². The molecule has 0 atom stereocenters. The van der Waals surface area contributed by atoms with Crippen molar-refractivity contribution in [2.75, 3.05) is 18.4 Å². The topological polar surface area (TPSA) is 62.3 Å². The van der Waals surface area contributed by atoms with Crippen LogP contribution in [0.3, 0.4) is 0 Å². The van der Waals surface area contributed by atoms with Gasteiger partial charge in [-0.25, -0.2) is 0 Å². The first kappa shape index (κ1) is 15.3. The van der Waals surface area contributed by atoms with Crippen molar-refractivity contribution < 1.29 is 22.8 Å². The van der Waals surface area contributed by atoms with Gasteiger partial charge in [-0.3, -0.25) is 14.6 Å². The molecule has 1 aromatic heterocycles. The highest BCUT2D eigenvalue weighted by Crippen LogP contribution is 2.24. The van der Waals surface area contributed by atoms with Crippen molar-refractivity contribution in [3.8, 4) is 0 Å². The molecule has 0 unspecified atom stereocenters. The van der Waals surface area contributed by atoms with Crippen molar-refractivity contribution in [1.29, 1.82) is 0 Å². The van der Waals surface area contributed by atoms with Gasteiger partial charge in [-0.05, 0) is 25.0 Å². The molecule has 2 amide bonds. The van der Waals surface area contributed by atoms with Gasteiger partial charge in [0.25, 0.3) is 0 Å². The van der Waals surface area contributed by atoms with Gasteiger partial charge in [-0.15, -0.1) is 0 Å². The van der Waals surface area contributed by atoms with Crippen LogP contribution in [0.2, 0.25) is 0 Å². The molecule has 114 valence electrons. The summed E-state index contributed by atoms with van der Waals surface area (Å²) in [4.78, 5) is 27.7. The highest BCUT2D eigenvalue weighted by molar-refractivity contribution is 5.92. The van der Waals surface area contributed by atoms with Gasteiger partial charge in [0.2, 0.25) is 5.91 Å². The number of halogens is 3. The second-order valence-corrected chi connectivity index (χ2v) is 4.80. The fraction of sp³-hybridized carbons (Fsp3) is 0.462. The molecule has 2 rings (SSSR count).